The predicted molar refractivity (Wildman–Crippen MR) is 85.1 cm³/mol. The second-order valence-electron chi connectivity index (χ2n) is 5.37. The molecule has 118 valence electrons. The van der Waals surface area contributed by atoms with E-state index in [2.05, 4.69) is 10.3 Å². The van der Waals surface area contributed by atoms with Gasteiger partial charge in [0.15, 0.2) is 0 Å². The third kappa shape index (κ3) is 3.56. The number of rotatable bonds is 5. The Morgan fingerprint density at radius 1 is 1.09 bits per heavy atom. The number of amides is 1. The highest BCUT2D eigenvalue weighted by Gasteiger charge is 2.09. The van der Waals surface area contributed by atoms with E-state index >= 15 is 0 Å². The molecule has 0 radical (unpaired) electrons. The van der Waals surface area contributed by atoms with Crippen molar-refractivity contribution in [3.8, 4) is 0 Å². The van der Waals surface area contributed by atoms with E-state index in [1.165, 1.54) is 18.2 Å². The molecule has 0 spiro atoms. The van der Waals surface area contributed by atoms with Crippen LogP contribution in [-0.2, 0) is 17.6 Å². The third-order valence-corrected chi connectivity index (χ3v) is 3.75. The fraction of sp³-hybridized carbons (Fsp3) is 0.167. The maximum absolute atomic E-state index is 13.5. The number of fused-ring (bicyclic) bond motifs is 1. The van der Waals surface area contributed by atoms with Crippen LogP contribution in [-0.4, -0.2) is 17.4 Å². The van der Waals surface area contributed by atoms with Crippen molar-refractivity contribution in [2.45, 2.75) is 12.8 Å². The molecule has 23 heavy (non-hydrogen) atoms. The predicted octanol–water partition coefficient (Wildman–Crippen LogP) is 3.35. The zero-order chi connectivity index (χ0) is 16.2. The molecule has 0 aliphatic rings. The summed E-state index contributed by atoms with van der Waals surface area (Å²) in [6.07, 6.45) is 2.35. The molecule has 0 bridgehead atoms. The third-order valence-electron chi connectivity index (χ3n) is 3.75. The van der Waals surface area contributed by atoms with Crippen molar-refractivity contribution < 1.29 is 13.6 Å². The summed E-state index contributed by atoms with van der Waals surface area (Å²) < 4.78 is 26.6. The molecule has 2 aromatic carbocycles. The van der Waals surface area contributed by atoms with Gasteiger partial charge in [0.25, 0.3) is 0 Å². The summed E-state index contributed by atoms with van der Waals surface area (Å²) in [5.41, 5.74) is 2.05. The van der Waals surface area contributed by atoms with Gasteiger partial charge >= 0.3 is 0 Å². The largest absolute Gasteiger partial charge is 0.361 e. The lowest BCUT2D eigenvalue weighted by molar-refractivity contribution is -0.120. The molecule has 0 saturated carbocycles. The Balaban J connectivity index is 1.58. The number of H-pyrrole nitrogens is 1. The number of halogens is 2. The first-order valence-corrected chi connectivity index (χ1v) is 7.39. The molecule has 3 aromatic rings. The summed E-state index contributed by atoms with van der Waals surface area (Å²) >= 11 is 0. The maximum Gasteiger partial charge on any atom is 0.224 e. The number of aromatic amines is 1. The fourth-order valence-corrected chi connectivity index (χ4v) is 2.58. The van der Waals surface area contributed by atoms with E-state index in [4.69, 9.17) is 0 Å². The van der Waals surface area contributed by atoms with Crippen LogP contribution in [0.5, 0.6) is 0 Å². The SMILES string of the molecule is O=C(Cc1c[nH]c2cc(F)ccc12)NCCc1ccccc1F. The minimum absolute atomic E-state index is 0.147. The Bertz CT molecular complexity index is 842. The lowest BCUT2D eigenvalue weighted by atomic mass is 10.1. The van der Waals surface area contributed by atoms with Crippen LogP contribution in [0, 0.1) is 11.6 Å². The lowest BCUT2D eigenvalue weighted by Gasteiger charge is -2.06. The van der Waals surface area contributed by atoms with Crippen LogP contribution in [0.3, 0.4) is 0 Å². The number of nitrogens with one attached hydrogen (secondary N) is 2. The van der Waals surface area contributed by atoms with E-state index in [0.717, 1.165) is 10.9 Å². The van der Waals surface area contributed by atoms with Crippen molar-refractivity contribution in [3.05, 3.63) is 71.4 Å². The summed E-state index contributed by atoms with van der Waals surface area (Å²) in [4.78, 5) is 15.0. The molecule has 2 N–H and O–H groups in total. The molecule has 0 aliphatic carbocycles. The molecule has 0 fully saturated rings. The van der Waals surface area contributed by atoms with Gasteiger partial charge in [0, 0.05) is 23.6 Å². The van der Waals surface area contributed by atoms with Crippen LogP contribution in [0.4, 0.5) is 8.78 Å². The fourth-order valence-electron chi connectivity index (χ4n) is 2.58. The summed E-state index contributed by atoms with van der Waals surface area (Å²) in [5.74, 6) is -0.729. The van der Waals surface area contributed by atoms with E-state index in [9.17, 15) is 13.6 Å². The van der Waals surface area contributed by atoms with Gasteiger partial charge in [-0.3, -0.25) is 4.79 Å². The minimum atomic E-state index is -0.319. The molecule has 1 heterocycles. The molecular weight excluding hydrogens is 298 g/mol. The van der Waals surface area contributed by atoms with Crippen LogP contribution in [0.1, 0.15) is 11.1 Å². The lowest BCUT2D eigenvalue weighted by Crippen LogP contribution is -2.27. The monoisotopic (exact) mass is 314 g/mol. The molecule has 3 rings (SSSR count). The van der Waals surface area contributed by atoms with Crippen molar-refractivity contribution >= 4 is 16.8 Å². The number of carbonyl (C=O) groups is 1. The molecule has 0 atom stereocenters. The maximum atomic E-state index is 13.5. The zero-order valence-corrected chi connectivity index (χ0v) is 12.4. The van der Waals surface area contributed by atoms with Gasteiger partial charge in [0.2, 0.25) is 5.91 Å². The summed E-state index contributed by atoms with van der Waals surface area (Å²) in [6, 6.07) is 10.9. The van der Waals surface area contributed by atoms with Crippen molar-refractivity contribution in [1.82, 2.24) is 10.3 Å². The van der Waals surface area contributed by atoms with Crippen LogP contribution >= 0.6 is 0 Å². The molecule has 0 unspecified atom stereocenters. The van der Waals surface area contributed by atoms with Crippen LogP contribution < -0.4 is 5.32 Å². The second-order valence-corrected chi connectivity index (χ2v) is 5.37. The Hall–Kier alpha value is -2.69. The highest BCUT2D eigenvalue weighted by Crippen LogP contribution is 2.19. The van der Waals surface area contributed by atoms with Gasteiger partial charge in [-0.15, -0.1) is 0 Å². The molecule has 3 nitrogen and oxygen atoms in total. The van der Waals surface area contributed by atoms with E-state index in [0.29, 0.717) is 24.0 Å². The number of benzene rings is 2. The Morgan fingerprint density at radius 2 is 1.91 bits per heavy atom. The number of hydrogen-bond acceptors (Lipinski definition) is 1. The summed E-state index contributed by atoms with van der Waals surface area (Å²) in [7, 11) is 0. The minimum Gasteiger partial charge on any atom is -0.361 e. The van der Waals surface area contributed by atoms with E-state index in [1.54, 1.807) is 30.5 Å². The van der Waals surface area contributed by atoms with E-state index in [1.807, 2.05) is 0 Å². The van der Waals surface area contributed by atoms with Gasteiger partial charge in [-0.25, -0.2) is 8.78 Å². The van der Waals surface area contributed by atoms with Gasteiger partial charge in [-0.1, -0.05) is 18.2 Å². The topological polar surface area (TPSA) is 44.9 Å². The van der Waals surface area contributed by atoms with Crippen LogP contribution in [0.25, 0.3) is 10.9 Å². The van der Waals surface area contributed by atoms with Crippen molar-refractivity contribution in [2.24, 2.45) is 0 Å². The normalized spacial score (nSPS) is 10.9. The quantitative estimate of drug-likeness (QED) is 0.745. The Morgan fingerprint density at radius 3 is 2.74 bits per heavy atom. The number of hydrogen-bond donors (Lipinski definition) is 2. The van der Waals surface area contributed by atoms with Gasteiger partial charge in [-0.05, 0) is 41.8 Å². The molecule has 0 aliphatic heterocycles. The van der Waals surface area contributed by atoms with E-state index < -0.39 is 0 Å². The van der Waals surface area contributed by atoms with Crippen LogP contribution in [0.2, 0.25) is 0 Å². The zero-order valence-electron chi connectivity index (χ0n) is 12.4. The molecule has 1 amide bonds. The molecule has 5 heteroatoms. The molecular formula is C18H16F2N2O. The average Bonchev–Trinajstić information content (AvgIpc) is 2.91. The first-order valence-electron chi connectivity index (χ1n) is 7.39. The van der Waals surface area contributed by atoms with Crippen molar-refractivity contribution in [3.63, 3.8) is 0 Å². The number of aromatic nitrogens is 1. The van der Waals surface area contributed by atoms with Gasteiger partial charge < -0.3 is 10.3 Å². The second kappa shape index (κ2) is 6.60. The Kier molecular flexibility index (Phi) is 4.37. The average molecular weight is 314 g/mol. The highest BCUT2D eigenvalue weighted by atomic mass is 19.1. The smallest absolute Gasteiger partial charge is 0.224 e. The van der Waals surface area contributed by atoms with Gasteiger partial charge in [-0.2, -0.15) is 0 Å². The van der Waals surface area contributed by atoms with Gasteiger partial charge in [0.1, 0.15) is 11.6 Å². The number of carbonyl (C=O) groups excluding carboxylic acids is 1. The Labute approximate surface area is 132 Å². The van der Waals surface area contributed by atoms with Crippen molar-refractivity contribution in [1.29, 1.82) is 0 Å². The highest BCUT2D eigenvalue weighted by molar-refractivity contribution is 5.88. The van der Waals surface area contributed by atoms with Gasteiger partial charge in [0.05, 0.1) is 6.42 Å². The first-order chi connectivity index (χ1) is 11.1. The van der Waals surface area contributed by atoms with Crippen molar-refractivity contribution in [2.75, 3.05) is 6.54 Å². The molecule has 1 aromatic heterocycles. The first kappa shape index (κ1) is 15.2. The summed E-state index contributed by atoms with van der Waals surface area (Å²) in [6.45, 7) is 0.372. The molecule has 0 saturated heterocycles. The van der Waals surface area contributed by atoms with E-state index in [-0.39, 0.29) is 24.0 Å². The van der Waals surface area contributed by atoms with Crippen LogP contribution in [0.15, 0.2) is 48.7 Å². The summed E-state index contributed by atoms with van der Waals surface area (Å²) in [5, 5.41) is 3.61. The standard InChI is InChI=1S/C18H16F2N2O/c19-14-5-6-15-13(11-22-17(15)10-14)9-18(23)21-8-7-12-3-1-2-4-16(12)20/h1-6,10-11,22H,7-9H2,(H,21,23).